The Morgan fingerprint density at radius 3 is 2.33 bits per heavy atom. The Hall–Kier alpha value is 1.02. The molecule has 1 spiro atoms. The number of hydrogen-bond donors (Lipinski definition) is 0. The van der Waals surface area contributed by atoms with Gasteiger partial charge in [0.15, 0.2) is 0 Å². The summed E-state index contributed by atoms with van der Waals surface area (Å²) >= 11 is 0. The summed E-state index contributed by atoms with van der Waals surface area (Å²) in [6, 6.07) is 0.716. The van der Waals surface area contributed by atoms with Crippen LogP contribution in [0.4, 0.5) is 0 Å². The van der Waals surface area contributed by atoms with E-state index in [-0.39, 0.29) is 32.7 Å². The van der Waals surface area contributed by atoms with Gasteiger partial charge in [0.05, 0.1) is 0 Å². The molecule has 0 aromatic rings. The molecular formula is C12H23N2Y-. The Labute approximate surface area is 119 Å². The van der Waals surface area contributed by atoms with Gasteiger partial charge < -0.3 is 5.32 Å². The van der Waals surface area contributed by atoms with Crippen LogP contribution in [0.2, 0.25) is 0 Å². The molecule has 0 saturated carbocycles. The van der Waals surface area contributed by atoms with Gasteiger partial charge >= 0.3 is 0 Å². The number of hydrogen-bond acceptors (Lipinski definition) is 1. The molecule has 3 heteroatoms. The van der Waals surface area contributed by atoms with Gasteiger partial charge in [0, 0.05) is 44.3 Å². The van der Waals surface area contributed by atoms with Crippen molar-refractivity contribution in [3.63, 3.8) is 0 Å². The Kier molecular flexibility index (Phi) is 5.72. The van der Waals surface area contributed by atoms with E-state index < -0.39 is 0 Å². The van der Waals surface area contributed by atoms with Gasteiger partial charge in [-0.3, -0.25) is 4.90 Å². The predicted molar refractivity (Wildman–Crippen MR) is 60.8 cm³/mol. The van der Waals surface area contributed by atoms with Crippen LogP contribution in [0.25, 0.3) is 5.32 Å². The summed E-state index contributed by atoms with van der Waals surface area (Å²) in [7, 11) is 0. The normalized spacial score (nSPS) is 26.6. The number of piperidine rings is 2. The number of nitrogens with zero attached hydrogens (tertiary/aromatic N) is 2. The SMILES string of the molecule is CC(C)N1CCCCC12CC[N-]CC2.[Y]. The fraction of sp³-hybridized carbons (Fsp3) is 1.00. The van der Waals surface area contributed by atoms with Crippen LogP contribution in [0.5, 0.6) is 0 Å². The van der Waals surface area contributed by atoms with E-state index in [4.69, 9.17) is 0 Å². The van der Waals surface area contributed by atoms with Crippen molar-refractivity contribution in [3.05, 3.63) is 5.32 Å². The van der Waals surface area contributed by atoms with Crippen LogP contribution in [0, 0.1) is 0 Å². The van der Waals surface area contributed by atoms with Gasteiger partial charge in [0.25, 0.3) is 0 Å². The minimum absolute atomic E-state index is 0. The van der Waals surface area contributed by atoms with Crippen molar-refractivity contribution in [2.45, 2.75) is 57.5 Å². The number of rotatable bonds is 1. The molecule has 85 valence electrons. The molecule has 2 aliphatic heterocycles. The molecule has 0 aliphatic carbocycles. The molecule has 2 aliphatic rings. The maximum Gasteiger partial charge on any atom is 0.0179 e. The summed E-state index contributed by atoms with van der Waals surface area (Å²) in [6.45, 7) is 8.21. The standard InChI is InChI=1S/C12H23N2.Y/c1-11(2)14-10-4-3-5-12(14)6-8-13-9-7-12;/h11H,3-10H2,1-2H3;/q-1;. The first-order valence-corrected chi connectivity index (χ1v) is 6.15. The van der Waals surface area contributed by atoms with Crippen molar-refractivity contribution in [1.29, 1.82) is 0 Å². The second-order valence-electron chi connectivity index (χ2n) is 5.14. The largest absolute Gasteiger partial charge is 0.662 e. The van der Waals surface area contributed by atoms with Crippen molar-refractivity contribution in [1.82, 2.24) is 4.90 Å². The summed E-state index contributed by atoms with van der Waals surface area (Å²) in [5.41, 5.74) is 0.536. The molecule has 0 atom stereocenters. The molecule has 2 fully saturated rings. The fourth-order valence-corrected chi connectivity index (χ4v) is 3.27. The van der Waals surface area contributed by atoms with Crippen LogP contribution >= 0.6 is 0 Å². The van der Waals surface area contributed by atoms with E-state index >= 15 is 0 Å². The van der Waals surface area contributed by atoms with Crippen LogP contribution < -0.4 is 0 Å². The van der Waals surface area contributed by atoms with E-state index in [1.54, 1.807) is 0 Å². The zero-order chi connectivity index (χ0) is 10.0. The molecule has 0 amide bonds. The third-order valence-corrected chi connectivity index (χ3v) is 3.99. The minimum Gasteiger partial charge on any atom is -0.662 e. The van der Waals surface area contributed by atoms with Crippen molar-refractivity contribution >= 4 is 0 Å². The Bertz CT molecular complexity index is 180. The monoisotopic (exact) mass is 284 g/mol. The average Bonchev–Trinajstić information content (AvgIpc) is 2.19. The Balaban J connectivity index is 0.00000112. The van der Waals surface area contributed by atoms with Crippen molar-refractivity contribution in [2.75, 3.05) is 19.6 Å². The van der Waals surface area contributed by atoms with Gasteiger partial charge in [-0.25, -0.2) is 0 Å². The quantitative estimate of drug-likeness (QED) is 0.724. The second-order valence-corrected chi connectivity index (χ2v) is 5.14. The topological polar surface area (TPSA) is 17.3 Å². The van der Waals surface area contributed by atoms with E-state index in [1.165, 1.54) is 38.6 Å². The van der Waals surface area contributed by atoms with Gasteiger partial charge in [-0.1, -0.05) is 19.3 Å². The molecular weight excluding hydrogens is 261 g/mol. The molecule has 2 nitrogen and oxygen atoms in total. The van der Waals surface area contributed by atoms with Crippen LogP contribution in [-0.4, -0.2) is 36.1 Å². The smallest absolute Gasteiger partial charge is 0.0179 e. The predicted octanol–water partition coefficient (Wildman–Crippen LogP) is 2.78. The van der Waals surface area contributed by atoms with E-state index in [9.17, 15) is 0 Å². The third-order valence-electron chi connectivity index (χ3n) is 3.99. The van der Waals surface area contributed by atoms with Gasteiger partial charge in [0.2, 0.25) is 0 Å². The van der Waals surface area contributed by atoms with E-state index in [1.807, 2.05) is 0 Å². The molecule has 2 heterocycles. The molecule has 0 aromatic carbocycles. The molecule has 0 unspecified atom stereocenters. The summed E-state index contributed by atoms with van der Waals surface area (Å²) in [5.74, 6) is 0. The minimum atomic E-state index is 0. The van der Waals surface area contributed by atoms with Crippen molar-refractivity contribution in [2.24, 2.45) is 0 Å². The summed E-state index contributed by atoms with van der Waals surface area (Å²) in [6.07, 6.45) is 6.87. The van der Waals surface area contributed by atoms with Gasteiger partial charge in [0.1, 0.15) is 0 Å². The summed E-state index contributed by atoms with van der Waals surface area (Å²) < 4.78 is 0. The Morgan fingerprint density at radius 1 is 1.07 bits per heavy atom. The average molecular weight is 284 g/mol. The summed E-state index contributed by atoms with van der Waals surface area (Å²) in [5, 5.41) is 4.49. The van der Waals surface area contributed by atoms with Gasteiger partial charge in [-0.05, 0) is 33.2 Å². The fourth-order valence-electron chi connectivity index (χ4n) is 3.27. The second kappa shape index (κ2) is 6.09. The summed E-state index contributed by atoms with van der Waals surface area (Å²) in [4.78, 5) is 2.76. The maximum atomic E-state index is 4.49. The third kappa shape index (κ3) is 3.03. The van der Waals surface area contributed by atoms with Crippen LogP contribution in [0.3, 0.4) is 0 Å². The number of likely N-dealkylation sites (tertiary alicyclic amines) is 1. The molecule has 1 radical (unpaired) electrons. The molecule has 15 heavy (non-hydrogen) atoms. The van der Waals surface area contributed by atoms with Gasteiger partial charge in [-0.2, -0.15) is 0 Å². The van der Waals surface area contributed by atoms with E-state index in [0.717, 1.165) is 13.1 Å². The van der Waals surface area contributed by atoms with Crippen LogP contribution in [-0.2, 0) is 32.7 Å². The molecule has 2 saturated heterocycles. The Morgan fingerprint density at radius 2 is 1.73 bits per heavy atom. The first kappa shape index (κ1) is 14.1. The molecule has 0 bridgehead atoms. The van der Waals surface area contributed by atoms with E-state index in [0.29, 0.717) is 11.6 Å². The zero-order valence-corrected chi connectivity index (χ0v) is 13.0. The van der Waals surface area contributed by atoms with Crippen molar-refractivity contribution in [3.8, 4) is 0 Å². The van der Waals surface area contributed by atoms with Crippen molar-refractivity contribution < 1.29 is 32.7 Å². The first-order valence-electron chi connectivity index (χ1n) is 6.15. The van der Waals surface area contributed by atoms with Crippen LogP contribution in [0.15, 0.2) is 0 Å². The maximum absolute atomic E-state index is 4.49. The van der Waals surface area contributed by atoms with E-state index in [2.05, 4.69) is 24.1 Å². The zero-order valence-electron chi connectivity index (χ0n) is 10.2. The first-order chi connectivity index (χ1) is 6.75. The molecule has 0 aromatic heterocycles. The van der Waals surface area contributed by atoms with Crippen LogP contribution in [0.1, 0.15) is 46.0 Å². The molecule has 2 rings (SSSR count). The van der Waals surface area contributed by atoms with Gasteiger partial charge in [-0.15, -0.1) is 13.1 Å². The molecule has 0 N–H and O–H groups in total.